The lowest BCUT2D eigenvalue weighted by atomic mass is 10.4. The van der Waals surface area contributed by atoms with Crippen molar-refractivity contribution >= 4 is 33.7 Å². The Morgan fingerprint density at radius 3 is 2.80 bits per heavy atom. The van der Waals surface area contributed by atoms with Gasteiger partial charge in [-0.25, -0.2) is 18.4 Å². The molecule has 1 N–H and O–H groups in total. The van der Waals surface area contributed by atoms with Crippen molar-refractivity contribution in [1.82, 2.24) is 14.8 Å². The number of rotatable bonds is 5. The SMILES string of the molecule is O=C(O)CSc1cc(C(F)F)nn1-c1ccc(Br)cn1. The molecule has 0 saturated heterocycles. The molecule has 0 fully saturated rings. The summed E-state index contributed by atoms with van der Waals surface area (Å²) in [5.74, 6) is -0.941. The second-order valence-electron chi connectivity index (χ2n) is 3.64. The lowest BCUT2D eigenvalue weighted by Gasteiger charge is -2.04. The molecule has 2 rings (SSSR count). The molecule has 0 aliphatic heterocycles. The predicted octanol–water partition coefficient (Wildman–Crippen LogP) is 3.14. The van der Waals surface area contributed by atoms with Crippen LogP contribution < -0.4 is 0 Å². The van der Waals surface area contributed by atoms with Crippen molar-refractivity contribution in [2.75, 3.05) is 5.75 Å². The van der Waals surface area contributed by atoms with Gasteiger partial charge in [-0.15, -0.1) is 0 Å². The Balaban J connectivity index is 2.38. The van der Waals surface area contributed by atoms with Gasteiger partial charge in [-0.1, -0.05) is 11.8 Å². The molecular weight excluding hydrogens is 356 g/mol. The zero-order valence-electron chi connectivity index (χ0n) is 9.83. The topological polar surface area (TPSA) is 68.0 Å². The van der Waals surface area contributed by atoms with Crippen LogP contribution in [0.2, 0.25) is 0 Å². The minimum atomic E-state index is -2.73. The fraction of sp³-hybridized carbons (Fsp3) is 0.182. The average molecular weight is 364 g/mol. The van der Waals surface area contributed by atoms with Crippen molar-refractivity contribution in [1.29, 1.82) is 0 Å². The Labute approximate surface area is 125 Å². The molecule has 0 atom stereocenters. The van der Waals surface area contributed by atoms with Crippen molar-refractivity contribution in [3.63, 3.8) is 0 Å². The Bertz CT molecular complexity index is 619. The number of aromatic nitrogens is 3. The quantitative estimate of drug-likeness (QED) is 0.826. The first-order valence-corrected chi connectivity index (χ1v) is 7.10. The molecule has 0 spiro atoms. The number of carboxylic acid groups (broad SMARTS) is 1. The standard InChI is InChI=1S/C11H8BrF2N3O2S/c12-6-1-2-8(15-4-6)17-9(20-5-10(18)19)3-7(16-17)11(13)14/h1-4,11H,5H2,(H,18,19). The average Bonchev–Trinajstić information content (AvgIpc) is 2.81. The molecule has 9 heteroatoms. The number of halogens is 3. The summed E-state index contributed by atoms with van der Waals surface area (Å²) in [6, 6.07) is 4.46. The molecule has 0 radical (unpaired) electrons. The summed E-state index contributed by atoms with van der Waals surface area (Å²) in [7, 11) is 0. The maximum atomic E-state index is 12.7. The van der Waals surface area contributed by atoms with Crippen LogP contribution in [0.25, 0.3) is 5.82 Å². The minimum Gasteiger partial charge on any atom is -0.481 e. The van der Waals surface area contributed by atoms with Crippen LogP contribution in [-0.4, -0.2) is 31.6 Å². The largest absolute Gasteiger partial charge is 0.481 e. The van der Waals surface area contributed by atoms with Gasteiger partial charge in [0.1, 0.15) is 10.7 Å². The van der Waals surface area contributed by atoms with Crippen molar-refractivity contribution < 1.29 is 18.7 Å². The summed E-state index contributed by atoms with van der Waals surface area (Å²) in [6.07, 6.45) is -1.22. The monoisotopic (exact) mass is 363 g/mol. The number of carbonyl (C=O) groups is 1. The van der Waals surface area contributed by atoms with Gasteiger partial charge in [0.15, 0.2) is 5.82 Å². The third kappa shape index (κ3) is 3.54. The molecule has 0 aliphatic carbocycles. The van der Waals surface area contributed by atoms with Gasteiger partial charge in [-0.3, -0.25) is 4.79 Å². The number of thioether (sulfide) groups is 1. The second-order valence-corrected chi connectivity index (χ2v) is 5.55. The van der Waals surface area contributed by atoms with Gasteiger partial charge in [-0.05, 0) is 34.1 Å². The lowest BCUT2D eigenvalue weighted by Crippen LogP contribution is -2.04. The highest BCUT2D eigenvalue weighted by molar-refractivity contribution is 9.10. The van der Waals surface area contributed by atoms with Gasteiger partial charge < -0.3 is 5.11 Å². The highest BCUT2D eigenvalue weighted by Gasteiger charge is 2.18. The molecule has 0 amide bonds. The van der Waals surface area contributed by atoms with Crippen LogP contribution in [0.1, 0.15) is 12.1 Å². The van der Waals surface area contributed by atoms with Gasteiger partial charge in [0.2, 0.25) is 0 Å². The highest BCUT2D eigenvalue weighted by atomic mass is 79.9. The van der Waals surface area contributed by atoms with E-state index < -0.39 is 18.1 Å². The van der Waals surface area contributed by atoms with E-state index in [0.29, 0.717) is 10.8 Å². The smallest absolute Gasteiger partial charge is 0.313 e. The number of nitrogens with zero attached hydrogens (tertiary/aromatic N) is 3. The molecule has 0 bridgehead atoms. The van der Waals surface area contributed by atoms with Crippen molar-refractivity contribution in [3.05, 3.63) is 34.6 Å². The van der Waals surface area contributed by atoms with Crippen LogP contribution >= 0.6 is 27.7 Å². The molecular formula is C11H8BrF2N3O2S. The molecule has 0 aromatic carbocycles. The van der Waals surface area contributed by atoms with Gasteiger partial charge in [-0.2, -0.15) is 5.10 Å². The zero-order chi connectivity index (χ0) is 14.7. The van der Waals surface area contributed by atoms with E-state index in [9.17, 15) is 13.6 Å². The Morgan fingerprint density at radius 2 is 2.25 bits per heavy atom. The molecule has 2 aromatic rings. The van der Waals surface area contributed by atoms with Crippen molar-refractivity contribution in [2.24, 2.45) is 0 Å². The van der Waals surface area contributed by atoms with Crippen LogP contribution in [0.3, 0.4) is 0 Å². The molecule has 20 heavy (non-hydrogen) atoms. The van der Waals surface area contributed by atoms with Crippen LogP contribution in [-0.2, 0) is 4.79 Å². The van der Waals surface area contributed by atoms with E-state index in [1.54, 1.807) is 12.1 Å². The summed E-state index contributed by atoms with van der Waals surface area (Å²) in [6.45, 7) is 0. The number of pyridine rings is 1. The second kappa shape index (κ2) is 6.31. The first kappa shape index (κ1) is 14.9. The van der Waals surface area contributed by atoms with E-state index in [2.05, 4.69) is 26.0 Å². The lowest BCUT2D eigenvalue weighted by molar-refractivity contribution is -0.133. The molecule has 0 unspecified atom stereocenters. The normalized spacial score (nSPS) is 11.0. The van der Waals surface area contributed by atoms with Crippen molar-refractivity contribution in [2.45, 2.75) is 11.5 Å². The van der Waals surface area contributed by atoms with E-state index in [4.69, 9.17) is 5.11 Å². The molecule has 2 heterocycles. The summed E-state index contributed by atoms with van der Waals surface area (Å²) < 4.78 is 27.4. The van der Waals surface area contributed by atoms with Crippen LogP contribution in [0, 0.1) is 0 Å². The first-order chi connectivity index (χ1) is 9.47. The third-order valence-electron chi connectivity index (χ3n) is 2.19. The number of aliphatic carboxylic acids is 1. The molecule has 0 aliphatic rings. The van der Waals surface area contributed by atoms with Crippen LogP contribution in [0.5, 0.6) is 0 Å². The zero-order valence-corrected chi connectivity index (χ0v) is 12.2. The van der Waals surface area contributed by atoms with E-state index in [1.807, 2.05) is 0 Å². The van der Waals surface area contributed by atoms with E-state index in [-0.39, 0.29) is 5.75 Å². The minimum absolute atomic E-state index is 0.245. The summed E-state index contributed by atoms with van der Waals surface area (Å²) >= 11 is 4.13. The van der Waals surface area contributed by atoms with Gasteiger partial charge in [0.25, 0.3) is 6.43 Å². The fourth-order valence-corrected chi connectivity index (χ4v) is 2.35. The molecule has 0 saturated carbocycles. The number of hydrogen-bond donors (Lipinski definition) is 1. The molecule has 5 nitrogen and oxygen atoms in total. The highest BCUT2D eigenvalue weighted by Crippen LogP contribution is 2.27. The number of carboxylic acids is 1. The Morgan fingerprint density at radius 1 is 1.50 bits per heavy atom. The van der Waals surface area contributed by atoms with Crippen LogP contribution in [0.4, 0.5) is 8.78 Å². The summed E-state index contributed by atoms with van der Waals surface area (Å²) in [5, 5.41) is 12.7. The Hall–Kier alpha value is -1.48. The van der Waals surface area contributed by atoms with E-state index in [0.717, 1.165) is 16.2 Å². The third-order valence-corrected chi connectivity index (χ3v) is 3.64. The predicted molar refractivity (Wildman–Crippen MR) is 72.4 cm³/mol. The van der Waals surface area contributed by atoms with Crippen LogP contribution in [0.15, 0.2) is 33.9 Å². The summed E-state index contributed by atoms with van der Waals surface area (Å²) in [5.41, 5.74) is -0.414. The maximum absolute atomic E-state index is 12.7. The van der Waals surface area contributed by atoms with Gasteiger partial charge in [0.05, 0.1) is 5.75 Å². The molecule has 2 aromatic heterocycles. The first-order valence-electron chi connectivity index (χ1n) is 5.32. The van der Waals surface area contributed by atoms with E-state index in [1.165, 1.54) is 16.9 Å². The fourth-order valence-electron chi connectivity index (χ4n) is 1.38. The Kier molecular flexibility index (Phi) is 4.71. The maximum Gasteiger partial charge on any atom is 0.313 e. The van der Waals surface area contributed by atoms with Crippen molar-refractivity contribution in [3.8, 4) is 5.82 Å². The van der Waals surface area contributed by atoms with Gasteiger partial charge in [0, 0.05) is 10.7 Å². The van der Waals surface area contributed by atoms with Gasteiger partial charge >= 0.3 is 5.97 Å². The number of hydrogen-bond acceptors (Lipinski definition) is 4. The number of alkyl halides is 2. The van der Waals surface area contributed by atoms with E-state index >= 15 is 0 Å². The molecule has 106 valence electrons. The summed E-state index contributed by atoms with van der Waals surface area (Å²) in [4.78, 5) is 14.6.